The lowest BCUT2D eigenvalue weighted by atomic mass is 10.2. The molecule has 0 spiro atoms. The Hall–Kier alpha value is -0.810. The van der Waals surface area contributed by atoms with Crippen molar-refractivity contribution in [2.24, 2.45) is 5.84 Å². The number of hydrazine groups is 1. The van der Waals surface area contributed by atoms with Gasteiger partial charge in [0, 0.05) is 10.3 Å². The maximum absolute atomic E-state index is 5.46. The molecule has 1 aromatic heterocycles. The molecule has 3 N–H and O–H groups in total. The average Bonchev–Trinajstić information content (AvgIpc) is 2.18. The average molecular weight is 240 g/mol. The van der Waals surface area contributed by atoms with Gasteiger partial charge in [-0.15, -0.1) is 11.8 Å². The zero-order chi connectivity index (χ0) is 12.2. The van der Waals surface area contributed by atoms with E-state index in [2.05, 4.69) is 43.1 Å². The maximum Gasteiger partial charge on any atom is 0.147 e. The second-order valence-electron chi connectivity index (χ2n) is 4.61. The fourth-order valence-electron chi connectivity index (χ4n) is 1.37. The van der Waals surface area contributed by atoms with Gasteiger partial charge in [0.25, 0.3) is 0 Å². The van der Waals surface area contributed by atoms with Gasteiger partial charge in [-0.25, -0.2) is 15.8 Å². The van der Waals surface area contributed by atoms with Crippen LogP contribution in [-0.2, 0) is 6.42 Å². The predicted octanol–water partition coefficient (Wildman–Crippen LogP) is 2.61. The second kappa shape index (κ2) is 5.50. The summed E-state index contributed by atoms with van der Waals surface area (Å²) in [6.07, 6.45) is 3.56. The Balaban J connectivity index is 3.06. The van der Waals surface area contributed by atoms with Crippen molar-refractivity contribution in [2.45, 2.75) is 50.3 Å². The SMILES string of the molecule is CCCc1c(NN)ncnc1SC(C)(C)C. The summed E-state index contributed by atoms with van der Waals surface area (Å²) in [4.78, 5) is 8.49. The van der Waals surface area contributed by atoms with Gasteiger partial charge in [-0.3, -0.25) is 0 Å². The van der Waals surface area contributed by atoms with Crippen LogP contribution in [0.5, 0.6) is 0 Å². The topological polar surface area (TPSA) is 63.8 Å². The van der Waals surface area contributed by atoms with Crippen LogP contribution in [0.1, 0.15) is 39.7 Å². The molecule has 90 valence electrons. The van der Waals surface area contributed by atoms with Crippen LogP contribution < -0.4 is 11.3 Å². The summed E-state index contributed by atoms with van der Waals surface area (Å²) in [5.74, 6) is 6.20. The Bertz CT molecular complexity index is 346. The van der Waals surface area contributed by atoms with E-state index in [1.165, 1.54) is 0 Å². The maximum atomic E-state index is 5.46. The Labute approximate surface area is 101 Å². The Kier molecular flexibility index (Phi) is 4.56. The minimum absolute atomic E-state index is 0.142. The third-order valence-electron chi connectivity index (χ3n) is 1.95. The van der Waals surface area contributed by atoms with Crippen LogP contribution in [0.15, 0.2) is 11.4 Å². The molecule has 16 heavy (non-hydrogen) atoms. The van der Waals surface area contributed by atoms with Crippen molar-refractivity contribution in [3.8, 4) is 0 Å². The molecule has 0 fully saturated rings. The van der Waals surface area contributed by atoms with Crippen molar-refractivity contribution in [1.82, 2.24) is 9.97 Å². The van der Waals surface area contributed by atoms with Gasteiger partial charge in [0.2, 0.25) is 0 Å². The summed E-state index contributed by atoms with van der Waals surface area (Å²) in [5, 5.41) is 1.03. The van der Waals surface area contributed by atoms with Gasteiger partial charge >= 0.3 is 0 Å². The van der Waals surface area contributed by atoms with Gasteiger partial charge in [0.15, 0.2) is 0 Å². The predicted molar refractivity (Wildman–Crippen MR) is 69.4 cm³/mol. The van der Waals surface area contributed by atoms with Gasteiger partial charge < -0.3 is 5.43 Å². The number of nitrogens with one attached hydrogen (secondary N) is 1. The van der Waals surface area contributed by atoms with Crippen LogP contribution in [0.3, 0.4) is 0 Å². The number of hydrogen-bond acceptors (Lipinski definition) is 5. The number of hydrogen-bond donors (Lipinski definition) is 2. The zero-order valence-electron chi connectivity index (χ0n) is 10.4. The molecule has 0 unspecified atom stereocenters. The molecule has 0 aliphatic heterocycles. The smallest absolute Gasteiger partial charge is 0.147 e. The summed E-state index contributed by atoms with van der Waals surface area (Å²) < 4.78 is 0.142. The monoisotopic (exact) mass is 240 g/mol. The highest BCUT2D eigenvalue weighted by atomic mass is 32.2. The van der Waals surface area contributed by atoms with Crippen LogP contribution >= 0.6 is 11.8 Å². The molecule has 0 saturated heterocycles. The molecule has 0 saturated carbocycles. The molecule has 0 aliphatic rings. The molecule has 1 heterocycles. The highest BCUT2D eigenvalue weighted by molar-refractivity contribution is 8.00. The normalized spacial score (nSPS) is 11.6. The van der Waals surface area contributed by atoms with Crippen molar-refractivity contribution < 1.29 is 0 Å². The lowest BCUT2D eigenvalue weighted by Crippen LogP contribution is -2.14. The molecule has 0 aromatic carbocycles. The van der Waals surface area contributed by atoms with E-state index in [0.29, 0.717) is 0 Å². The van der Waals surface area contributed by atoms with E-state index in [-0.39, 0.29) is 4.75 Å². The van der Waals surface area contributed by atoms with E-state index in [9.17, 15) is 0 Å². The Morgan fingerprint density at radius 2 is 2.06 bits per heavy atom. The molecule has 5 heteroatoms. The number of aromatic nitrogens is 2. The van der Waals surface area contributed by atoms with Gasteiger partial charge in [-0.05, 0) is 6.42 Å². The molecular weight excluding hydrogens is 220 g/mol. The number of nitrogens with zero attached hydrogens (tertiary/aromatic N) is 2. The molecule has 0 atom stereocenters. The highest BCUT2D eigenvalue weighted by Gasteiger charge is 2.18. The van der Waals surface area contributed by atoms with Crippen molar-refractivity contribution in [3.05, 3.63) is 11.9 Å². The molecular formula is C11H20N4S. The third-order valence-corrected chi connectivity index (χ3v) is 3.10. The van der Waals surface area contributed by atoms with Gasteiger partial charge in [-0.1, -0.05) is 34.1 Å². The second-order valence-corrected chi connectivity index (χ2v) is 6.43. The standard InChI is InChI=1S/C11H20N4S/c1-5-6-8-9(15-12)13-7-14-10(8)16-11(2,3)4/h7H,5-6,12H2,1-4H3,(H,13,14,15). The van der Waals surface area contributed by atoms with Crippen molar-refractivity contribution in [2.75, 3.05) is 5.43 Å². The van der Waals surface area contributed by atoms with E-state index >= 15 is 0 Å². The van der Waals surface area contributed by atoms with Crippen molar-refractivity contribution in [3.63, 3.8) is 0 Å². The summed E-state index contributed by atoms with van der Waals surface area (Å²) in [5.41, 5.74) is 3.76. The lowest BCUT2D eigenvalue weighted by Gasteiger charge is -2.19. The van der Waals surface area contributed by atoms with Gasteiger partial charge in [0.05, 0.1) is 0 Å². The lowest BCUT2D eigenvalue weighted by molar-refractivity contribution is 0.789. The molecule has 0 radical (unpaired) electrons. The van der Waals surface area contributed by atoms with Crippen LogP contribution in [0.4, 0.5) is 5.82 Å². The fraction of sp³-hybridized carbons (Fsp3) is 0.636. The fourth-order valence-corrected chi connectivity index (χ4v) is 2.38. The molecule has 0 aliphatic carbocycles. The highest BCUT2D eigenvalue weighted by Crippen LogP contribution is 2.34. The largest absolute Gasteiger partial charge is 0.308 e. The van der Waals surface area contributed by atoms with Crippen LogP contribution in [-0.4, -0.2) is 14.7 Å². The van der Waals surface area contributed by atoms with Crippen molar-refractivity contribution in [1.29, 1.82) is 0 Å². The van der Waals surface area contributed by atoms with E-state index in [1.54, 1.807) is 18.1 Å². The molecule has 0 bridgehead atoms. The first-order valence-corrected chi connectivity index (χ1v) is 6.29. The molecule has 1 rings (SSSR count). The summed E-state index contributed by atoms with van der Waals surface area (Å²) in [7, 11) is 0. The number of nitrogens with two attached hydrogens (primary N) is 1. The van der Waals surface area contributed by atoms with Crippen LogP contribution in [0.25, 0.3) is 0 Å². The molecule has 1 aromatic rings. The van der Waals surface area contributed by atoms with Gasteiger partial charge in [0.1, 0.15) is 17.2 Å². The molecule has 0 amide bonds. The summed E-state index contributed by atoms with van der Waals surface area (Å²) in [6.45, 7) is 8.65. The summed E-state index contributed by atoms with van der Waals surface area (Å²) >= 11 is 1.75. The summed E-state index contributed by atoms with van der Waals surface area (Å²) in [6, 6.07) is 0. The minimum atomic E-state index is 0.142. The van der Waals surface area contributed by atoms with Crippen LogP contribution in [0.2, 0.25) is 0 Å². The third kappa shape index (κ3) is 3.64. The van der Waals surface area contributed by atoms with E-state index < -0.39 is 0 Å². The number of rotatable bonds is 4. The minimum Gasteiger partial charge on any atom is -0.308 e. The van der Waals surface area contributed by atoms with Crippen LogP contribution in [0, 0.1) is 0 Å². The number of nitrogen functional groups attached to an aromatic ring is 1. The van der Waals surface area contributed by atoms with E-state index in [4.69, 9.17) is 5.84 Å². The zero-order valence-corrected chi connectivity index (χ0v) is 11.2. The Morgan fingerprint density at radius 1 is 1.38 bits per heavy atom. The number of thioether (sulfide) groups is 1. The van der Waals surface area contributed by atoms with Crippen molar-refractivity contribution >= 4 is 17.6 Å². The first-order chi connectivity index (χ1) is 7.48. The number of anilines is 1. The Morgan fingerprint density at radius 3 is 2.56 bits per heavy atom. The molecule has 4 nitrogen and oxygen atoms in total. The first-order valence-electron chi connectivity index (χ1n) is 5.47. The van der Waals surface area contributed by atoms with E-state index in [0.717, 1.165) is 29.2 Å². The van der Waals surface area contributed by atoms with E-state index in [1.807, 2.05) is 0 Å². The first kappa shape index (κ1) is 13.3. The quantitative estimate of drug-likeness (QED) is 0.366. The van der Waals surface area contributed by atoms with Gasteiger partial charge in [-0.2, -0.15) is 0 Å².